The van der Waals surface area contributed by atoms with Gasteiger partial charge < -0.3 is 19.7 Å². The Morgan fingerprint density at radius 2 is 1.97 bits per heavy atom. The average molecular weight is 428 g/mol. The summed E-state index contributed by atoms with van der Waals surface area (Å²) in [5.41, 5.74) is 2.09. The minimum atomic E-state index is -0.499. The van der Waals surface area contributed by atoms with Crippen LogP contribution in [0.2, 0.25) is 0 Å². The maximum absolute atomic E-state index is 12.9. The fourth-order valence-electron chi connectivity index (χ4n) is 3.60. The molecule has 2 aromatic carbocycles. The zero-order valence-corrected chi connectivity index (χ0v) is 17.9. The number of nitrogens with zero attached hydrogens (tertiary/aromatic N) is 3. The Morgan fingerprint density at radius 3 is 2.75 bits per heavy atom. The molecule has 1 amide bonds. The van der Waals surface area contributed by atoms with Gasteiger partial charge in [0.05, 0.1) is 31.0 Å². The van der Waals surface area contributed by atoms with E-state index in [1.54, 1.807) is 24.3 Å². The second-order valence-corrected chi connectivity index (χ2v) is 7.25. The zero-order chi connectivity index (χ0) is 22.3. The number of ether oxygens (including phenoxy) is 2. The highest BCUT2D eigenvalue weighted by molar-refractivity contribution is 6.10. The molecule has 0 saturated carbocycles. The van der Waals surface area contributed by atoms with Crippen molar-refractivity contribution < 1.29 is 14.3 Å². The Labute approximate surface area is 186 Å². The van der Waals surface area contributed by atoms with Crippen molar-refractivity contribution in [2.24, 2.45) is 0 Å². The van der Waals surface area contributed by atoms with Crippen LogP contribution in [0.25, 0.3) is 17.0 Å². The Bertz CT molecular complexity index is 1190. The summed E-state index contributed by atoms with van der Waals surface area (Å²) in [6.45, 7) is 4.96. The van der Waals surface area contributed by atoms with Crippen LogP contribution in [0.4, 0.5) is 11.5 Å². The molecule has 0 spiro atoms. The fraction of sp³-hybridized carbons (Fsp3) is 0.240. The van der Waals surface area contributed by atoms with Crippen molar-refractivity contribution in [1.29, 1.82) is 5.26 Å². The molecular formula is C25H24N4O3. The van der Waals surface area contributed by atoms with Gasteiger partial charge in [0.25, 0.3) is 5.91 Å². The number of hydrogen-bond acceptors (Lipinski definition) is 6. The Balaban J connectivity index is 1.71. The van der Waals surface area contributed by atoms with Crippen molar-refractivity contribution in [3.05, 3.63) is 65.7 Å². The Morgan fingerprint density at radius 1 is 1.22 bits per heavy atom. The van der Waals surface area contributed by atoms with Crippen molar-refractivity contribution in [2.75, 3.05) is 43.1 Å². The molecule has 2 heterocycles. The van der Waals surface area contributed by atoms with E-state index in [4.69, 9.17) is 14.5 Å². The summed E-state index contributed by atoms with van der Waals surface area (Å²) in [5.74, 6) is 0.796. The van der Waals surface area contributed by atoms with Gasteiger partial charge in [-0.25, -0.2) is 4.98 Å². The largest absolute Gasteiger partial charge is 0.492 e. The number of nitrogens with one attached hydrogen (secondary N) is 1. The van der Waals surface area contributed by atoms with Gasteiger partial charge in [0.1, 0.15) is 23.2 Å². The molecule has 0 bridgehead atoms. The fourth-order valence-corrected chi connectivity index (χ4v) is 3.60. The number of rotatable bonds is 6. The van der Waals surface area contributed by atoms with Crippen molar-refractivity contribution in [1.82, 2.24) is 4.98 Å². The van der Waals surface area contributed by atoms with Crippen molar-refractivity contribution in [2.45, 2.75) is 6.92 Å². The van der Waals surface area contributed by atoms with E-state index in [2.05, 4.69) is 10.2 Å². The van der Waals surface area contributed by atoms with E-state index in [1.807, 2.05) is 49.4 Å². The Kier molecular flexibility index (Phi) is 6.63. The van der Waals surface area contributed by atoms with Crippen LogP contribution in [0.3, 0.4) is 0 Å². The third-order valence-corrected chi connectivity index (χ3v) is 5.14. The Hall–Kier alpha value is -3.89. The van der Waals surface area contributed by atoms with Crippen LogP contribution in [0, 0.1) is 11.3 Å². The van der Waals surface area contributed by atoms with E-state index in [9.17, 15) is 10.1 Å². The summed E-state index contributed by atoms with van der Waals surface area (Å²) in [7, 11) is 0. The van der Waals surface area contributed by atoms with Gasteiger partial charge >= 0.3 is 0 Å². The predicted octanol–water partition coefficient (Wildman–Crippen LogP) is 4.02. The lowest BCUT2D eigenvalue weighted by molar-refractivity contribution is -0.112. The standard InChI is InChI=1S/C25H24N4O3/c1-2-32-23-10-6-5-9-22(23)28-25(30)20(17-26)16-19-15-18-7-3-4-8-21(18)27-24(19)29-11-13-31-14-12-29/h3-10,15-16H,2,11-14H2,1H3,(H,28,30)/b20-16+. The van der Waals surface area contributed by atoms with Crippen LogP contribution in [-0.4, -0.2) is 43.8 Å². The van der Waals surface area contributed by atoms with E-state index >= 15 is 0 Å². The molecule has 3 aromatic rings. The first-order valence-corrected chi connectivity index (χ1v) is 10.6. The SMILES string of the molecule is CCOc1ccccc1NC(=O)/C(C#N)=C/c1cc2ccccc2nc1N1CCOCC1. The van der Waals surface area contributed by atoms with Gasteiger partial charge in [-0.05, 0) is 37.3 Å². The molecule has 162 valence electrons. The minimum absolute atomic E-state index is 0.0112. The van der Waals surface area contributed by atoms with E-state index in [0.29, 0.717) is 44.3 Å². The van der Waals surface area contributed by atoms with Crippen LogP contribution in [0.5, 0.6) is 5.75 Å². The molecule has 1 fully saturated rings. The predicted molar refractivity (Wildman–Crippen MR) is 125 cm³/mol. The summed E-state index contributed by atoms with van der Waals surface area (Å²) in [4.78, 5) is 19.9. The zero-order valence-electron chi connectivity index (χ0n) is 17.9. The molecule has 1 saturated heterocycles. The molecule has 1 aliphatic heterocycles. The van der Waals surface area contributed by atoms with Gasteiger partial charge in [0, 0.05) is 24.0 Å². The summed E-state index contributed by atoms with van der Waals surface area (Å²) in [6.07, 6.45) is 1.60. The highest BCUT2D eigenvalue weighted by atomic mass is 16.5. The number of anilines is 2. The second-order valence-electron chi connectivity index (χ2n) is 7.25. The number of nitriles is 1. The number of hydrogen-bond donors (Lipinski definition) is 1. The van der Waals surface area contributed by atoms with Crippen LogP contribution < -0.4 is 15.0 Å². The monoisotopic (exact) mass is 428 g/mol. The van der Waals surface area contributed by atoms with Crippen molar-refractivity contribution in [3.8, 4) is 11.8 Å². The number of carbonyl (C=O) groups excluding carboxylic acids is 1. The van der Waals surface area contributed by atoms with E-state index in [0.717, 1.165) is 22.3 Å². The smallest absolute Gasteiger partial charge is 0.266 e. The molecular weight excluding hydrogens is 404 g/mol. The number of benzene rings is 2. The van der Waals surface area contributed by atoms with E-state index in [1.165, 1.54) is 0 Å². The molecule has 4 rings (SSSR count). The number of fused-ring (bicyclic) bond motifs is 1. The van der Waals surface area contributed by atoms with Gasteiger partial charge in [-0.1, -0.05) is 30.3 Å². The first-order chi connectivity index (χ1) is 15.7. The van der Waals surface area contributed by atoms with Gasteiger partial charge in [-0.2, -0.15) is 5.26 Å². The topological polar surface area (TPSA) is 87.5 Å². The molecule has 32 heavy (non-hydrogen) atoms. The molecule has 1 aromatic heterocycles. The third-order valence-electron chi connectivity index (χ3n) is 5.14. The molecule has 0 aliphatic carbocycles. The van der Waals surface area contributed by atoms with Gasteiger partial charge in [0.15, 0.2) is 0 Å². The molecule has 0 unspecified atom stereocenters. The molecule has 0 atom stereocenters. The second kappa shape index (κ2) is 9.94. The molecule has 1 N–H and O–H groups in total. The van der Waals surface area contributed by atoms with Gasteiger partial charge in [0.2, 0.25) is 0 Å². The normalized spacial score (nSPS) is 14.1. The van der Waals surface area contributed by atoms with Crippen molar-refractivity contribution >= 4 is 34.4 Å². The molecule has 0 radical (unpaired) electrons. The van der Waals surface area contributed by atoms with Crippen molar-refractivity contribution in [3.63, 3.8) is 0 Å². The van der Waals surface area contributed by atoms with Gasteiger partial charge in [-0.3, -0.25) is 4.79 Å². The number of carbonyl (C=O) groups is 1. The minimum Gasteiger partial charge on any atom is -0.492 e. The first-order valence-electron chi connectivity index (χ1n) is 10.6. The highest BCUT2D eigenvalue weighted by Gasteiger charge is 2.19. The lowest BCUT2D eigenvalue weighted by atomic mass is 10.1. The molecule has 1 aliphatic rings. The quantitative estimate of drug-likeness (QED) is 0.471. The van der Waals surface area contributed by atoms with E-state index < -0.39 is 5.91 Å². The third kappa shape index (κ3) is 4.71. The average Bonchev–Trinajstić information content (AvgIpc) is 2.84. The van der Waals surface area contributed by atoms with Crippen LogP contribution in [0.1, 0.15) is 12.5 Å². The highest BCUT2D eigenvalue weighted by Crippen LogP contribution is 2.28. The number of amides is 1. The maximum atomic E-state index is 12.9. The molecule has 7 heteroatoms. The summed E-state index contributed by atoms with van der Waals surface area (Å²) < 4.78 is 11.0. The number of pyridine rings is 1. The first kappa shape index (κ1) is 21.3. The summed E-state index contributed by atoms with van der Waals surface area (Å²) in [5, 5.41) is 13.5. The number of para-hydroxylation sites is 3. The summed E-state index contributed by atoms with van der Waals surface area (Å²) in [6, 6.07) is 19.0. The summed E-state index contributed by atoms with van der Waals surface area (Å²) >= 11 is 0. The van der Waals surface area contributed by atoms with E-state index in [-0.39, 0.29) is 5.57 Å². The number of morpholine rings is 1. The lowest BCUT2D eigenvalue weighted by Gasteiger charge is -2.29. The van der Waals surface area contributed by atoms with Gasteiger partial charge in [-0.15, -0.1) is 0 Å². The van der Waals surface area contributed by atoms with Crippen LogP contribution >= 0.6 is 0 Å². The number of aromatic nitrogens is 1. The lowest BCUT2D eigenvalue weighted by Crippen LogP contribution is -2.37. The molecule has 7 nitrogen and oxygen atoms in total. The van der Waals surface area contributed by atoms with Crippen LogP contribution in [0.15, 0.2) is 60.2 Å². The maximum Gasteiger partial charge on any atom is 0.266 e. The van der Waals surface area contributed by atoms with Crippen LogP contribution in [-0.2, 0) is 9.53 Å².